The molecule has 0 fully saturated rings. The predicted octanol–water partition coefficient (Wildman–Crippen LogP) is 1.31. The molecule has 0 bridgehead atoms. The van der Waals surface area contributed by atoms with Crippen LogP contribution in [0.3, 0.4) is 0 Å². The van der Waals surface area contributed by atoms with Gasteiger partial charge >= 0.3 is 5.97 Å². The van der Waals surface area contributed by atoms with Gasteiger partial charge in [0.1, 0.15) is 7.11 Å². The summed E-state index contributed by atoms with van der Waals surface area (Å²) in [6.45, 7) is 0. The van der Waals surface area contributed by atoms with Crippen LogP contribution >= 0.6 is 0 Å². The van der Waals surface area contributed by atoms with E-state index in [0.29, 0.717) is 16.6 Å². The summed E-state index contributed by atoms with van der Waals surface area (Å²) in [5.74, 6) is -1.02. The third kappa shape index (κ3) is 2.20. The van der Waals surface area contributed by atoms with Gasteiger partial charge < -0.3 is 9.94 Å². The Hall–Kier alpha value is -2.50. The zero-order valence-corrected chi connectivity index (χ0v) is 8.99. The number of carboxylic acids is 1. The van der Waals surface area contributed by atoms with Crippen LogP contribution in [0.1, 0.15) is 15.9 Å². The molecule has 86 valence electrons. The van der Waals surface area contributed by atoms with Gasteiger partial charge in [-0.1, -0.05) is 5.16 Å². The lowest BCUT2D eigenvalue weighted by Gasteiger charge is -2.02. The van der Waals surface area contributed by atoms with Crippen LogP contribution in [0.5, 0.6) is 0 Å². The first kappa shape index (κ1) is 11.0. The largest absolute Gasteiger partial charge is 0.478 e. The number of hydrogen-bond acceptors (Lipinski definition) is 5. The molecule has 0 radical (unpaired) electrons. The predicted molar refractivity (Wildman–Crippen MR) is 61.1 cm³/mol. The van der Waals surface area contributed by atoms with E-state index < -0.39 is 5.97 Å². The minimum Gasteiger partial charge on any atom is -0.478 e. The van der Waals surface area contributed by atoms with Crippen LogP contribution in [0.2, 0.25) is 0 Å². The average molecular weight is 231 g/mol. The van der Waals surface area contributed by atoms with Crippen molar-refractivity contribution in [2.24, 2.45) is 5.16 Å². The number of benzene rings is 1. The van der Waals surface area contributed by atoms with Crippen molar-refractivity contribution in [1.82, 2.24) is 9.97 Å². The third-order valence-corrected chi connectivity index (χ3v) is 2.15. The number of hydrogen-bond donors (Lipinski definition) is 1. The molecule has 6 nitrogen and oxygen atoms in total. The van der Waals surface area contributed by atoms with Crippen molar-refractivity contribution >= 4 is 23.2 Å². The quantitative estimate of drug-likeness (QED) is 0.635. The van der Waals surface area contributed by atoms with E-state index in [0.717, 1.165) is 0 Å². The number of oxime groups is 1. The van der Waals surface area contributed by atoms with Crippen molar-refractivity contribution in [3.8, 4) is 0 Å². The summed E-state index contributed by atoms with van der Waals surface area (Å²) in [4.78, 5) is 23.7. The van der Waals surface area contributed by atoms with E-state index in [2.05, 4.69) is 20.0 Å². The first-order valence-corrected chi connectivity index (χ1v) is 4.77. The van der Waals surface area contributed by atoms with Crippen LogP contribution < -0.4 is 0 Å². The number of nitrogens with zero attached hydrogens (tertiary/aromatic N) is 3. The molecule has 1 N–H and O–H groups in total. The minimum atomic E-state index is -1.02. The third-order valence-electron chi connectivity index (χ3n) is 2.15. The number of carboxylic acid groups (broad SMARTS) is 1. The molecule has 2 aromatic rings. The smallest absolute Gasteiger partial charge is 0.335 e. The van der Waals surface area contributed by atoms with Crippen molar-refractivity contribution in [2.75, 3.05) is 7.11 Å². The number of aromatic nitrogens is 2. The van der Waals surface area contributed by atoms with Gasteiger partial charge in [-0.25, -0.2) is 4.79 Å². The highest BCUT2D eigenvalue weighted by atomic mass is 16.6. The van der Waals surface area contributed by atoms with Gasteiger partial charge in [0, 0.05) is 18.0 Å². The Bertz CT molecular complexity index is 596. The second kappa shape index (κ2) is 4.56. The monoisotopic (exact) mass is 231 g/mol. The number of fused-ring (bicyclic) bond motifs is 1. The first-order valence-electron chi connectivity index (χ1n) is 4.77. The minimum absolute atomic E-state index is 0.135. The molecule has 0 saturated heterocycles. The van der Waals surface area contributed by atoms with E-state index in [1.807, 2.05) is 0 Å². The van der Waals surface area contributed by atoms with Gasteiger partial charge in [0.05, 0.1) is 22.8 Å². The lowest BCUT2D eigenvalue weighted by atomic mass is 10.1. The van der Waals surface area contributed by atoms with E-state index in [-0.39, 0.29) is 5.56 Å². The maximum atomic E-state index is 10.9. The molecule has 0 unspecified atom stereocenters. The Morgan fingerprint density at radius 1 is 1.41 bits per heavy atom. The van der Waals surface area contributed by atoms with Gasteiger partial charge in [0.25, 0.3) is 0 Å². The van der Waals surface area contributed by atoms with Crippen LogP contribution in [-0.4, -0.2) is 34.4 Å². The Balaban J connectivity index is 2.69. The topological polar surface area (TPSA) is 84.7 Å². The molecule has 6 heteroatoms. The summed E-state index contributed by atoms with van der Waals surface area (Å²) in [6, 6.07) is 2.94. The highest BCUT2D eigenvalue weighted by Crippen LogP contribution is 2.16. The SMILES string of the molecule is CO/N=C/c1cc(C(=O)O)cc2nccnc12. The average Bonchev–Trinajstić information content (AvgIpc) is 2.35. The molecule has 0 atom stereocenters. The van der Waals surface area contributed by atoms with Crippen molar-refractivity contribution in [1.29, 1.82) is 0 Å². The van der Waals surface area contributed by atoms with Crippen LogP contribution in [0, 0.1) is 0 Å². The van der Waals surface area contributed by atoms with Gasteiger partial charge in [-0.3, -0.25) is 9.97 Å². The van der Waals surface area contributed by atoms with Gasteiger partial charge in [-0.15, -0.1) is 0 Å². The summed E-state index contributed by atoms with van der Waals surface area (Å²) < 4.78 is 0. The lowest BCUT2D eigenvalue weighted by Crippen LogP contribution is -2.00. The molecule has 2 rings (SSSR count). The molecule has 0 amide bonds. The molecule has 0 aliphatic heterocycles. The number of aromatic carboxylic acids is 1. The molecule has 0 aliphatic carbocycles. The normalized spacial score (nSPS) is 10.9. The molecule has 17 heavy (non-hydrogen) atoms. The van der Waals surface area contributed by atoms with Crippen LogP contribution in [0.25, 0.3) is 11.0 Å². The highest BCUT2D eigenvalue weighted by molar-refractivity contribution is 6.01. The van der Waals surface area contributed by atoms with Crippen molar-refractivity contribution in [2.45, 2.75) is 0 Å². The summed E-state index contributed by atoms with van der Waals surface area (Å²) in [5, 5.41) is 12.6. The van der Waals surface area contributed by atoms with E-state index >= 15 is 0 Å². The molecule has 0 saturated carbocycles. The number of rotatable bonds is 3. The van der Waals surface area contributed by atoms with Crippen LogP contribution in [0.4, 0.5) is 0 Å². The maximum Gasteiger partial charge on any atom is 0.335 e. The lowest BCUT2D eigenvalue weighted by molar-refractivity contribution is 0.0697. The second-order valence-electron chi connectivity index (χ2n) is 3.21. The standard InChI is InChI=1S/C11H9N3O3/c1-17-14-6-8-4-7(11(15)16)5-9-10(8)13-3-2-12-9/h2-6H,1H3,(H,15,16)/b14-6+. The van der Waals surface area contributed by atoms with Crippen molar-refractivity contribution in [3.05, 3.63) is 35.7 Å². The highest BCUT2D eigenvalue weighted by Gasteiger charge is 2.09. The number of carbonyl (C=O) groups is 1. The molecule has 0 aliphatic rings. The van der Waals surface area contributed by atoms with E-state index in [9.17, 15) is 4.79 Å². The van der Waals surface area contributed by atoms with Gasteiger partial charge in [0.15, 0.2) is 0 Å². The fraction of sp³-hybridized carbons (Fsp3) is 0.0909. The van der Waals surface area contributed by atoms with Crippen LogP contribution in [-0.2, 0) is 4.84 Å². The van der Waals surface area contributed by atoms with E-state index in [1.54, 1.807) is 0 Å². The molecule has 0 spiro atoms. The summed E-state index contributed by atoms with van der Waals surface area (Å²) in [5.41, 5.74) is 1.77. The Morgan fingerprint density at radius 2 is 2.18 bits per heavy atom. The maximum absolute atomic E-state index is 10.9. The zero-order valence-electron chi connectivity index (χ0n) is 8.99. The zero-order chi connectivity index (χ0) is 12.3. The summed E-state index contributed by atoms with van der Waals surface area (Å²) >= 11 is 0. The Labute approximate surface area is 96.6 Å². The fourth-order valence-corrected chi connectivity index (χ4v) is 1.43. The molecule has 1 aromatic heterocycles. The molecule has 1 heterocycles. The fourth-order valence-electron chi connectivity index (χ4n) is 1.43. The van der Waals surface area contributed by atoms with Gasteiger partial charge in [-0.2, -0.15) is 0 Å². The summed E-state index contributed by atoms with van der Waals surface area (Å²) in [7, 11) is 1.41. The molecular weight excluding hydrogens is 222 g/mol. The van der Waals surface area contributed by atoms with Gasteiger partial charge in [0.2, 0.25) is 0 Å². The summed E-state index contributed by atoms with van der Waals surface area (Å²) in [6.07, 6.45) is 4.45. The molecule has 1 aromatic carbocycles. The Kier molecular flexibility index (Phi) is 2.95. The second-order valence-corrected chi connectivity index (χ2v) is 3.21. The van der Waals surface area contributed by atoms with E-state index in [4.69, 9.17) is 5.11 Å². The van der Waals surface area contributed by atoms with Crippen molar-refractivity contribution < 1.29 is 14.7 Å². The van der Waals surface area contributed by atoms with E-state index in [1.165, 1.54) is 37.9 Å². The molecular formula is C11H9N3O3. The van der Waals surface area contributed by atoms with Crippen molar-refractivity contribution in [3.63, 3.8) is 0 Å². The van der Waals surface area contributed by atoms with Gasteiger partial charge in [-0.05, 0) is 12.1 Å². The Morgan fingerprint density at radius 3 is 2.88 bits per heavy atom. The first-order chi connectivity index (χ1) is 8.22. The van der Waals surface area contributed by atoms with Crippen LogP contribution in [0.15, 0.2) is 29.7 Å².